The predicted octanol–water partition coefficient (Wildman–Crippen LogP) is 1.94. The number of hydrogen-bond donors (Lipinski definition) is 1. The zero-order chi connectivity index (χ0) is 18.0. The van der Waals surface area contributed by atoms with Crippen molar-refractivity contribution in [2.24, 2.45) is 5.41 Å². The summed E-state index contributed by atoms with van der Waals surface area (Å²) in [5.74, 6) is -1.85. The summed E-state index contributed by atoms with van der Waals surface area (Å²) in [6.07, 6.45) is -5.60. The van der Waals surface area contributed by atoms with Gasteiger partial charge in [0.2, 0.25) is 0 Å². The number of carboxylic acids is 1. The van der Waals surface area contributed by atoms with E-state index in [2.05, 4.69) is 0 Å². The van der Waals surface area contributed by atoms with E-state index in [9.17, 15) is 22.8 Å². The summed E-state index contributed by atoms with van der Waals surface area (Å²) >= 11 is 0. The van der Waals surface area contributed by atoms with Crippen molar-refractivity contribution in [3.05, 3.63) is 24.3 Å². The Morgan fingerprint density at radius 1 is 1.33 bits per heavy atom. The Labute approximate surface area is 135 Å². The second-order valence-electron chi connectivity index (χ2n) is 5.42. The van der Waals surface area contributed by atoms with Gasteiger partial charge in [0.05, 0.1) is 7.11 Å². The molecule has 0 aromatic heterocycles. The highest BCUT2D eigenvalue weighted by atomic mass is 19.4. The number of hydrogen-bond acceptors (Lipinski definition) is 4. The van der Waals surface area contributed by atoms with E-state index in [1.807, 2.05) is 0 Å². The average Bonchev–Trinajstić information content (AvgIpc) is 2.99. The summed E-state index contributed by atoms with van der Waals surface area (Å²) in [6.45, 7) is -1.68. The number of benzene rings is 1. The van der Waals surface area contributed by atoms with Gasteiger partial charge >= 0.3 is 12.1 Å². The first kappa shape index (κ1) is 17.9. The van der Waals surface area contributed by atoms with E-state index < -0.39 is 43.0 Å². The van der Waals surface area contributed by atoms with Gasteiger partial charge in [-0.3, -0.25) is 9.59 Å². The maximum Gasteiger partial charge on any atom is 0.406 e. The molecule has 2 rings (SSSR count). The number of methoxy groups -OCH3 is 1. The van der Waals surface area contributed by atoms with E-state index in [0.717, 1.165) is 4.90 Å². The van der Waals surface area contributed by atoms with E-state index in [1.165, 1.54) is 13.2 Å². The molecule has 0 unspecified atom stereocenters. The highest BCUT2D eigenvalue weighted by Crippen LogP contribution is 2.45. The number of ether oxygens (including phenoxy) is 2. The summed E-state index contributed by atoms with van der Waals surface area (Å²) in [7, 11) is 1.46. The fourth-order valence-corrected chi connectivity index (χ4v) is 2.48. The van der Waals surface area contributed by atoms with Crippen LogP contribution in [0.15, 0.2) is 24.3 Å². The monoisotopic (exact) mass is 347 g/mol. The maximum absolute atomic E-state index is 13.1. The molecular formula is C15H16F3NO5. The van der Waals surface area contributed by atoms with Crippen molar-refractivity contribution in [1.29, 1.82) is 0 Å². The standard InChI is InChI=1S/C15H16F3NO5/c1-23-10-3-2-4-11(7-10)24-8-12(20)19-6-5-14(9-19,13(21)22)15(16,17)18/h2-4,7H,5-6,8-9H2,1H3,(H,21,22)/t14-/m0/s1. The van der Waals surface area contributed by atoms with Gasteiger partial charge in [-0.25, -0.2) is 0 Å². The van der Waals surface area contributed by atoms with Crippen molar-refractivity contribution in [2.45, 2.75) is 12.6 Å². The van der Waals surface area contributed by atoms with Crippen molar-refractivity contribution in [3.8, 4) is 11.5 Å². The van der Waals surface area contributed by atoms with Crippen LogP contribution in [0.4, 0.5) is 13.2 Å². The molecule has 24 heavy (non-hydrogen) atoms. The largest absolute Gasteiger partial charge is 0.497 e. The molecule has 1 aliphatic heterocycles. The molecule has 1 fully saturated rings. The van der Waals surface area contributed by atoms with Crippen LogP contribution in [0, 0.1) is 5.41 Å². The number of nitrogens with zero attached hydrogens (tertiary/aromatic N) is 1. The van der Waals surface area contributed by atoms with E-state index in [4.69, 9.17) is 14.6 Å². The highest BCUT2D eigenvalue weighted by molar-refractivity contribution is 5.82. The van der Waals surface area contributed by atoms with Gasteiger partial charge in [-0.15, -0.1) is 0 Å². The number of carbonyl (C=O) groups excluding carboxylic acids is 1. The van der Waals surface area contributed by atoms with Crippen LogP contribution in [0.25, 0.3) is 0 Å². The molecule has 1 aromatic rings. The molecule has 1 atom stereocenters. The van der Waals surface area contributed by atoms with Crippen LogP contribution >= 0.6 is 0 Å². The van der Waals surface area contributed by atoms with Gasteiger partial charge < -0.3 is 19.5 Å². The Balaban J connectivity index is 2.00. The lowest BCUT2D eigenvalue weighted by Gasteiger charge is -2.27. The number of carbonyl (C=O) groups is 2. The predicted molar refractivity (Wildman–Crippen MR) is 75.8 cm³/mol. The van der Waals surface area contributed by atoms with Gasteiger partial charge in [-0.1, -0.05) is 6.07 Å². The number of halogens is 3. The van der Waals surface area contributed by atoms with Crippen molar-refractivity contribution >= 4 is 11.9 Å². The lowest BCUT2D eigenvalue weighted by atomic mass is 9.86. The molecular weight excluding hydrogens is 331 g/mol. The molecule has 9 heteroatoms. The van der Waals surface area contributed by atoms with E-state index >= 15 is 0 Å². The van der Waals surface area contributed by atoms with Crippen LogP contribution in [0.3, 0.4) is 0 Å². The lowest BCUT2D eigenvalue weighted by Crippen LogP contribution is -2.48. The van der Waals surface area contributed by atoms with Gasteiger partial charge in [0.15, 0.2) is 12.0 Å². The first-order valence-electron chi connectivity index (χ1n) is 7.04. The first-order valence-corrected chi connectivity index (χ1v) is 7.04. The molecule has 1 amide bonds. The molecule has 1 heterocycles. The zero-order valence-corrected chi connectivity index (χ0v) is 12.8. The SMILES string of the molecule is COc1cccc(OCC(=O)N2CC[C@](C(=O)O)(C(F)(F)F)C2)c1. The van der Waals surface area contributed by atoms with Crippen LogP contribution in [-0.4, -0.2) is 54.9 Å². The summed E-state index contributed by atoms with van der Waals surface area (Å²) in [4.78, 5) is 24.0. The molecule has 0 bridgehead atoms. The number of rotatable bonds is 5. The zero-order valence-electron chi connectivity index (χ0n) is 12.8. The smallest absolute Gasteiger partial charge is 0.406 e. The van der Waals surface area contributed by atoms with Crippen molar-refractivity contribution in [2.75, 3.05) is 26.8 Å². The van der Waals surface area contributed by atoms with Gasteiger partial charge in [0.1, 0.15) is 11.5 Å². The summed E-state index contributed by atoms with van der Waals surface area (Å²) in [5, 5.41) is 8.96. The van der Waals surface area contributed by atoms with Crippen molar-refractivity contribution < 1.29 is 37.3 Å². The second-order valence-corrected chi connectivity index (χ2v) is 5.42. The van der Waals surface area contributed by atoms with E-state index in [0.29, 0.717) is 11.5 Å². The molecule has 1 aromatic carbocycles. The third-order valence-corrected chi connectivity index (χ3v) is 3.98. The van der Waals surface area contributed by atoms with Crippen LogP contribution in [0.2, 0.25) is 0 Å². The molecule has 0 spiro atoms. The molecule has 6 nitrogen and oxygen atoms in total. The molecule has 1 N–H and O–H groups in total. The number of amides is 1. The Kier molecular flexibility index (Phi) is 4.91. The maximum atomic E-state index is 13.1. The van der Waals surface area contributed by atoms with Gasteiger partial charge in [-0.05, 0) is 18.6 Å². The topological polar surface area (TPSA) is 76.1 Å². The minimum absolute atomic E-state index is 0.286. The first-order chi connectivity index (χ1) is 11.2. The average molecular weight is 347 g/mol. The summed E-state index contributed by atoms with van der Waals surface area (Å²) in [5.41, 5.74) is -2.92. The number of aliphatic carboxylic acids is 1. The van der Waals surface area contributed by atoms with Crippen LogP contribution in [-0.2, 0) is 9.59 Å². The molecule has 0 saturated carbocycles. The van der Waals surface area contributed by atoms with Crippen LogP contribution in [0.1, 0.15) is 6.42 Å². The minimum Gasteiger partial charge on any atom is -0.497 e. The van der Waals surface area contributed by atoms with Gasteiger partial charge in [-0.2, -0.15) is 13.2 Å². The Morgan fingerprint density at radius 2 is 2.00 bits per heavy atom. The summed E-state index contributed by atoms with van der Waals surface area (Å²) < 4.78 is 49.4. The third-order valence-electron chi connectivity index (χ3n) is 3.98. The second kappa shape index (κ2) is 6.58. The number of likely N-dealkylation sites (tertiary alicyclic amines) is 1. The highest BCUT2D eigenvalue weighted by Gasteiger charge is 2.64. The fraction of sp³-hybridized carbons (Fsp3) is 0.467. The van der Waals surface area contributed by atoms with Crippen molar-refractivity contribution in [3.63, 3.8) is 0 Å². The van der Waals surface area contributed by atoms with Crippen molar-refractivity contribution in [1.82, 2.24) is 4.90 Å². The number of carboxylic acid groups (broad SMARTS) is 1. The molecule has 0 aliphatic carbocycles. The van der Waals surface area contributed by atoms with Crippen LogP contribution in [0.5, 0.6) is 11.5 Å². The minimum atomic E-state index is -4.93. The molecule has 1 aliphatic rings. The normalized spacial score (nSPS) is 20.8. The van der Waals surface area contributed by atoms with E-state index in [-0.39, 0.29) is 6.54 Å². The molecule has 1 saturated heterocycles. The third kappa shape index (κ3) is 3.39. The Morgan fingerprint density at radius 3 is 2.54 bits per heavy atom. The van der Waals surface area contributed by atoms with Gasteiger partial charge in [0.25, 0.3) is 5.91 Å². The summed E-state index contributed by atoms with van der Waals surface area (Å²) in [6, 6.07) is 6.39. The fourth-order valence-electron chi connectivity index (χ4n) is 2.48. The molecule has 132 valence electrons. The quantitative estimate of drug-likeness (QED) is 0.881. The van der Waals surface area contributed by atoms with Crippen LogP contribution < -0.4 is 9.47 Å². The Hall–Kier alpha value is -2.45. The van der Waals surface area contributed by atoms with Gasteiger partial charge in [0, 0.05) is 19.2 Å². The molecule has 0 radical (unpaired) electrons. The van der Waals surface area contributed by atoms with E-state index in [1.54, 1.807) is 18.2 Å². The Bertz CT molecular complexity index is 634. The number of alkyl halides is 3. The lowest BCUT2D eigenvalue weighted by molar-refractivity contribution is -0.227.